The van der Waals surface area contributed by atoms with Gasteiger partial charge in [-0.05, 0) is 44.0 Å². The Hall–Kier alpha value is -2.35. The maximum Gasteiger partial charge on any atom is 0.340 e. The Kier molecular flexibility index (Phi) is 4.45. The molecule has 10 heteroatoms. The number of fused-ring (bicyclic) bond motifs is 9. The van der Waals surface area contributed by atoms with Gasteiger partial charge in [-0.25, -0.2) is 4.79 Å². The molecule has 0 aromatic heterocycles. The van der Waals surface area contributed by atoms with Gasteiger partial charge < -0.3 is 24.1 Å². The normalized spacial score (nSPS) is 24.8. The molecule has 0 amide bonds. The molecule has 1 spiro atoms. The number of epoxide rings is 1. The molecule has 7 rings (SSSR count). The summed E-state index contributed by atoms with van der Waals surface area (Å²) in [5.74, 6) is 0.504. The number of phenols is 1. The number of aromatic hydroxyl groups is 1. The molecular formula is C25H14Cl4O6. The van der Waals surface area contributed by atoms with Crippen LogP contribution < -0.4 is 9.47 Å². The molecule has 0 saturated carbocycles. The monoisotopic (exact) mass is 550 g/mol. The van der Waals surface area contributed by atoms with Gasteiger partial charge in [0.1, 0.15) is 29.1 Å². The number of esters is 1. The van der Waals surface area contributed by atoms with Gasteiger partial charge >= 0.3 is 5.97 Å². The summed E-state index contributed by atoms with van der Waals surface area (Å²) in [5.41, 5.74) is 1.31. The van der Waals surface area contributed by atoms with Crippen LogP contribution in [0.1, 0.15) is 44.6 Å². The molecule has 1 saturated heterocycles. The van der Waals surface area contributed by atoms with Crippen molar-refractivity contribution < 1.29 is 28.8 Å². The van der Waals surface area contributed by atoms with Crippen LogP contribution in [0.3, 0.4) is 0 Å². The summed E-state index contributed by atoms with van der Waals surface area (Å²) in [4.78, 5) is 13.2. The van der Waals surface area contributed by atoms with Crippen molar-refractivity contribution in [3.8, 4) is 23.0 Å². The molecule has 1 N–H and O–H groups in total. The minimum absolute atomic E-state index is 0.0190. The molecular weight excluding hydrogens is 538 g/mol. The number of carbonyl (C=O) groups excluding carboxylic acids is 1. The van der Waals surface area contributed by atoms with Crippen LogP contribution in [0, 0.1) is 6.92 Å². The quantitative estimate of drug-likeness (QED) is 0.241. The Labute approximate surface area is 219 Å². The van der Waals surface area contributed by atoms with Crippen LogP contribution in [-0.2, 0) is 21.5 Å². The summed E-state index contributed by atoms with van der Waals surface area (Å²) in [6.45, 7) is 1.68. The molecule has 4 aliphatic heterocycles. The van der Waals surface area contributed by atoms with E-state index in [-0.39, 0.29) is 38.8 Å². The molecule has 1 fully saturated rings. The van der Waals surface area contributed by atoms with Gasteiger partial charge in [-0.2, -0.15) is 0 Å². The third-order valence-corrected chi connectivity index (χ3v) is 8.33. The highest BCUT2D eigenvalue weighted by Crippen LogP contribution is 2.62. The first-order chi connectivity index (χ1) is 16.7. The number of ether oxygens (including phenoxy) is 4. The van der Waals surface area contributed by atoms with Crippen molar-refractivity contribution in [2.75, 3.05) is 0 Å². The maximum absolute atomic E-state index is 13.2. The summed E-state index contributed by atoms with van der Waals surface area (Å²) in [7, 11) is 0. The number of hydrogen-bond acceptors (Lipinski definition) is 6. The van der Waals surface area contributed by atoms with Gasteiger partial charge in [0.2, 0.25) is 6.29 Å². The molecule has 0 aliphatic carbocycles. The molecule has 3 unspecified atom stereocenters. The average molecular weight is 552 g/mol. The number of benzene rings is 3. The zero-order valence-corrected chi connectivity index (χ0v) is 20.9. The van der Waals surface area contributed by atoms with Gasteiger partial charge in [0.05, 0.1) is 25.7 Å². The Morgan fingerprint density at radius 3 is 2.40 bits per heavy atom. The van der Waals surface area contributed by atoms with Crippen LogP contribution in [0.25, 0.3) is 0 Å². The van der Waals surface area contributed by atoms with Crippen LogP contribution in [0.2, 0.25) is 20.1 Å². The maximum atomic E-state index is 13.2. The fraction of sp³-hybridized carbons (Fsp3) is 0.240. The number of rotatable bonds is 0. The third kappa shape index (κ3) is 2.80. The molecule has 4 heterocycles. The summed E-state index contributed by atoms with van der Waals surface area (Å²) >= 11 is 25.8. The molecule has 3 aromatic rings. The van der Waals surface area contributed by atoms with Crippen molar-refractivity contribution in [1.82, 2.24) is 0 Å². The number of halogens is 4. The van der Waals surface area contributed by atoms with Gasteiger partial charge in [-0.3, -0.25) is 0 Å². The lowest BCUT2D eigenvalue weighted by Gasteiger charge is -2.38. The van der Waals surface area contributed by atoms with E-state index in [2.05, 4.69) is 0 Å². The van der Waals surface area contributed by atoms with Crippen LogP contribution in [-0.4, -0.2) is 23.5 Å². The Balaban J connectivity index is 1.61. The van der Waals surface area contributed by atoms with Crippen molar-refractivity contribution >= 4 is 52.4 Å². The fourth-order valence-electron chi connectivity index (χ4n) is 5.28. The van der Waals surface area contributed by atoms with Crippen molar-refractivity contribution in [3.63, 3.8) is 0 Å². The minimum Gasteiger partial charge on any atom is -0.506 e. The predicted molar refractivity (Wildman–Crippen MR) is 129 cm³/mol. The van der Waals surface area contributed by atoms with E-state index in [4.69, 9.17) is 65.4 Å². The highest BCUT2D eigenvalue weighted by Gasteiger charge is 2.56. The van der Waals surface area contributed by atoms with E-state index in [0.29, 0.717) is 57.4 Å². The number of phenolic OH excluding ortho intramolecular Hbond substituents is 1. The lowest BCUT2D eigenvalue weighted by atomic mass is 9.76. The van der Waals surface area contributed by atoms with Gasteiger partial charge in [0.25, 0.3) is 0 Å². The smallest absolute Gasteiger partial charge is 0.340 e. The van der Waals surface area contributed by atoms with Gasteiger partial charge in [-0.15, -0.1) is 0 Å². The van der Waals surface area contributed by atoms with E-state index in [1.165, 1.54) is 12.1 Å². The summed E-state index contributed by atoms with van der Waals surface area (Å²) in [6.07, 6.45) is 0.892. The lowest BCUT2D eigenvalue weighted by molar-refractivity contribution is 0.0222. The number of hydrogen-bond donors (Lipinski definition) is 1. The topological polar surface area (TPSA) is 77.5 Å². The predicted octanol–water partition coefficient (Wildman–Crippen LogP) is 6.93. The summed E-state index contributed by atoms with van der Waals surface area (Å²) < 4.78 is 24.2. The van der Waals surface area contributed by atoms with Gasteiger partial charge in [0.15, 0.2) is 5.60 Å². The van der Waals surface area contributed by atoms with Crippen molar-refractivity contribution in [3.05, 3.63) is 77.7 Å². The van der Waals surface area contributed by atoms with Crippen molar-refractivity contribution in [1.29, 1.82) is 0 Å². The first-order valence-electron chi connectivity index (χ1n) is 10.8. The zero-order chi connectivity index (χ0) is 24.4. The van der Waals surface area contributed by atoms with E-state index in [1.807, 2.05) is 0 Å². The standard InChI is InChI=1S/C25H14Cl4O6/c1-8-19(30)16(28)6-12-20(8)33-21-9-2-3-18-24(32-18)34-22(9)17(29)7-13(21)25(12)11-5-15(27)14(26)4-10(11)23(31)35-25/h4-7,18,24,30H,2-3H2,1H3. The zero-order valence-electron chi connectivity index (χ0n) is 17.9. The minimum atomic E-state index is -1.49. The molecule has 178 valence electrons. The molecule has 3 atom stereocenters. The average Bonchev–Trinajstić information content (AvgIpc) is 3.53. The molecule has 6 nitrogen and oxygen atoms in total. The highest BCUT2D eigenvalue weighted by atomic mass is 35.5. The van der Waals surface area contributed by atoms with Crippen molar-refractivity contribution in [2.45, 2.75) is 37.8 Å². The molecule has 4 aliphatic rings. The van der Waals surface area contributed by atoms with E-state index in [0.717, 1.165) is 5.56 Å². The first-order valence-corrected chi connectivity index (χ1v) is 12.3. The van der Waals surface area contributed by atoms with E-state index >= 15 is 0 Å². The van der Waals surface area contributed by atoms with Crippen molar-refractivity contribution in [2.24, 2.45) is 0 Å². The second-order valence-electron chi connectivity index (χ2n) is 8.94. The second kappa shape index (κ2) is 7.11. The van der Waals surface area contributed by atoms with Gasteiger partial charge in [0, 0.05) is 27.8 Å². The largest absolute Gasteiger partial charge is 0.506 e. The molecule has 0 bridgehead atoms. The first kappa shape index (κ1) is 21.9. The Morgan fingerprint density at radius 2 is 1.60 bits per heavy atom. The van der Waals surface area contributed by atoms with Crippen LogP contribution in [0.5, 0.6) is 23.0 Å². The van der Waals surface area contributed by atoms with Crippen LogP contribution in [0.15, 0.2) is 24.3 Å². The van der Waals surface area contributed by atoms with E-state index in [1.54, 1.807) is 19.1 Å². The van der Waals surface area contributed by atoms with Crippen LogP contribution >= 0.6 is 46.4 Å². The lowest BCUT2D eigenvalue weighted by Crippen LogP contribution is -2.34. The van der Waals surface area contributed by atoms with E-state index < -0.39 is 11.6 Å². The molecule has 35 heavy (non-hydrogen) atoms. The molecule has 0 radical (unpaired) electrons. The second-order valence-corrected chi connectivity index (χ2v) is 10.6. The highest BCUT2D eigenvalue weighted by molar-refractivity contribution is 6.42. The summed E-state index contributed by atoms with van der Waals surface area (Å²) in [5, 5.41) is 11.5. The fourth-order valence-corrected chi connectivity index (χ4v) is 6.13. The Morgan fingerprint density at radius 1 is 0.914 bits per heavy atom. The number of carbonyl (C=O) groups is 1. The SMILES string of the molecule is Cc1c(O)c(Cl)cc2c1Oc1c(cc(Cl)c3c1CCC1OC1O3)C21OC(=O)c2cc(Cl)c(Cl)cc21. The van der Waals surface area contributed by atoms with E-state index in [9.17, 15) is 9.90 Å². The summed E-state index contributed by atoms with van der Waals surface area (Å²) in [6, 6.07) is 6.30. The third-order valence-electron chi connectivity index (χ3n) is 7.04. The van der Waals surface area contributed by atoms with Crippen LogP contribution in [0.4, 0.5) is 0 Å². The molecule has 3 aromatic carbocycles. The van der Waals surface area contributed by atoms with Gasteiger partial charge in [-0.1, -0.05) is 46.4 Å². The Bertz CT molecular complexity index is 1520.